The van der Waals surface area contributed by atoms with Crippen LogP contribution >= 0.6 is 23.8 Å². The summed E-state index contributed by atoms with van der Waals surface area (Å²) in [6.45, 7) is 6.44. The van der Waals surface area contributed by atoms with Crippen LogP contribution in [0.15, 0.2) is 42.5 Å². The molecule has 2 N–H and O–H groups in total. The zero-order valence-electron chi connectivity index (χ0n) is 17.6. The maximum atomic E-state index is 12.5. The van der Waals surface area contributed by atoms with Crippen LogP contribution in [0.3, 0.4) is 0 Å². The van der Waals surface area contributed by atoms with Crippen molar-refractivity contribution in [2.24, 2.45) is 0 Å². The summed E-state index contributed by atoms with van der Waals surface area (Å²) in [6, 6.07) is 12.6. The van der Waals surface area contributed by atoms with Crippen molar-refractivity contribution in [1.82, 2.24) is 19.7 Å². The van der Waals surface area contributed by atoms with Crippen LogP contribution in [0.5, 0.6) is 0 Å². The van der Waals surface area contributed by atoms with E-state index in [1.54, 1.807) is 28.8 Å². The SMILES string of the molecule is CCn1c(CNC(=O)c2ccccc2C)nn(CC(=O)Nc2ccc(Cl)cc2C)c1=S. The van der Waals surface area contributed by atoms with E-state index in [9.17, 15) is 9.59 Å². The summed E-state index contributed by atoms with van der Waals surface area (Å²) in [6.07, 6.45) is 0. The van der Waals surface area contributed by atoms with Crippen molar-refractivity contribution >= 4 is 41.3 Å². The number of benzene rings is 2. The zero-order valence-corrected chi connectivity index (χ0v) is 19.2. The lowest BCUT2D eigenvalue weighted by molar-refractivity contribution is -0.116. The summed E-state index contributed by atoms with van der Waals surface area (Å²) < 4.78 is 3.69. The molecule has 7 nitrogen and oxygen atoms in total. The molecule has 3 aromatic rings. The van der Waals surface area contributed by atoms with Gasteiger partial charge in [0.05, 0.1) is 6.54 Å². The fraction of sp³-hybridized carbons (Fsp3) is 0.273. The van der Waals surface area contributed by atoms with Gasteiger partial charge in [-0.2, -0.15) is 5.10 Å². The highest BCUT2D eigenvalue weighted by Gasteiger charge is 2.15. The van der Waals surface area contributed by atoms with Crippen LogP contribution in [-0.2, 0) is 24.4 Å². The van der Waals surface area contributed by atoms with E-state index in [1.165, 1.54) is 4.68 Å². The van der Waals surface area contributed by atoms with E-state index in [1.807, 2.05) is 39.0 Å². The molecular weight excluding hydrogens is 434 g/mol. The molecule has 0 aliphatic heterocycles. The van der Waals surface area contributed by atoms with Crippen molar-refractivity contribution in [3.8, 4) is 0 Å². The fourth-order valence-corrected chi connectivity index (χ4v) is 3.78. The molecule has 0 aliphatic rings. The molecule has 2 aromatic carbocycles. The molecule has 1 heterocycles. The summed E-state index contributed by atoms with van der Waals surface area (Å²) in [4.78, 5) is 25.1. The smallest absolute Gasteiger partial charge is 0.251 e. The van der Waals surface area contributed by atoms with Crippen LogP contribution in [0.1, 0.15) is 34.2 Å². The molecule has 0 radical (unpaired) electrons. The van der Waals surface area contributed by atoms with Crippen LogP contribution in [-0.4, -0.2) is 26.2 Å². The van der Waals surface area contributed by atoms with Crippen LogP contribution in [0, 0.1) is 18.6 Å². The highest BCUT2D eigenvalue weighted by Crippen LogP contribution is 2.19. The molecule has 0 bridgehead atoms. The van der Waals surface area contributed by atoms with E-state index in [2.05, 4.69) is 15.7 Å². The van der Waals surface area contributed by atoms with Crippen LogP contribution < -0.4 is 10.6 Å². The van der Waals surface area contributed by atoms with Gasteiger partial charge in [0.1, 0.15) is 6.54 Å². The quantitative estimate of drug-likeness (QED) is 0.519. The Morgan fingerprint density at radius 2 is 1.87 bits per heavy atom. The first kappa shape index (κ1) is 22.7. The molecule has 0 unspecified atom stereocenters. The second-order valence-corrected chi connectivity index (χ2v) is 7.91. The molecule has 2 amide bonds. The van der Waals surface area contributed by atoms with Crippen LogP contribution in [0.2, 0.25) is 5.02 Å². The number of anilines is 1. The monoisotopic (exact) mass is 457 g/mol. The average molecular weight is 458 g/mol. The number of rotatable bonds is 7. The van der Waals surface area contributed by atoms with Gasteiger partial charge < -0.3 is 15.2 Å². The van der Waals surface area contributed by atoms with Gasteiger partial charge in [0.15, 0.2) is 10.6 Å². The molecular formula is C22H24ClN5O2S. The number of hydrogen-bond donors (Lipinski definition) is 2. The number of halogens is 1. The number of carbonyl (C=O) groups excluding carboxylic acids is 2. The first-order chi connectivity index (χ1) is 14.8. The van der Waals surface area contributed by atoms with E-state index in [0.717, 1.165) is 11.1 Å². The van der Waals surface area contributed by atoms with Gasteiger partial charge in [-0.05, 0) is 68.4 Å². The number of aryl methyl sites for hydroxylation is 2. The van der Waals surface area contributed by atoms with Crippen molar-refractivity contribution in [3.63, 3.8) is 0 Å². The molecule has 9 heteroatoms. The molecule has 162 valence electrons. The van der Waals surface area contributed by atoms with Gasteiger partial charge in [0.2, 0.25) is 5.91 Å². The standard InChI is InChI=1S/C22H24ClN5O2S/c1-4-27-19(12-24-21(30)17-8-6-5-7-14(17)2)26-28(22(27)31)13-20(29)25-18-10-9-16(23)11-15(18)3/h5-11H,4,12-13H2,1-3H3,(H,24,30)(H,25,29). The summed E-state index contributed by atoms with van der Waals surface area (Å²) in [5.74, 6) is 0.153. The number of nitrogens with one attached hydrogen (secondary N) is 2. The van der Waals surface area contributed by atoms with Crippen LogP contribution in [0.25, 0.3) is 0 Å². The van der Waals surface area contributed by atoms with Gasteiger partial charge >= 0.3 is 0 Å². The first-order valence-corrected chi connectivity index (χ1v) is 10.6. The molecule has 0 saturated heterocycles. The van der Waals surface area contributed by atoms with Crippen molar-refractivity contribution < 1.29 is 9.59 Å². The maximum Gasteiger partial charge on any atom is 0.251 e. The van der Waals surface area contributed by atoms with Crippen molar-refractivity contribution in [1.29, 1.82) is 0 Å². The third-order valence-corrected chi connectivity index (χ3v) is 5.53. The highest BCUT2D eigenvalue weighted by molar-refractivity contribution is 7.71. The zero-order chi connectivity index (χ0) is 22.5. The Kier molecular flexibility index (Phi) is 7.25. The van der Waals surface area contributed by atoms with E-state index >= 15 is 0 Å². The van der Waals surface area contributed by atoms with E-state index in [0.29, 0.717) is 33.4 Å². The number of hydrogen-bond acceptors (Lipinski definition) is 4. The molecule has 1 aromatic heterocycles. The van der Waals surface area contributed by atoms with Crippen molar-refractivity contribution in [2.75, 3.05) is 5.32 Å². The number of amides is 2. The predicted molar refractivity (Wildman–Crippen MR) is 124 cm³/mol. The summed E-state index contributed by atoms with van der Waals surface area (Å²) in [5, 5.41) is 10.8. The molecule has 0 spiro atoms. The van der Waals surface area contributed by atoms with Gasteiger partial charge in [-0.25, -0.2) is 4.68 Å². The summed E-state index contributed by atoms with van der Waals surface area (Å²) in [7, 11) is 0. The van der Waals surface area contributed by atoms with Gasteiger partial charge in [-0.15, -0.1) is 0 Å². The highest BCUT2D eigenvalue weighted by atomic mass is 35.5. The molecule has 0 saturated carbocycles. The second kappa shape index (κ2) is 9.89. The Balaban J connectivity index is 1.71. The minimum absolute atomic E-state index is 0.0351. The number of aromatic nitrogens is 3. The van der Waals surface area contributed by atoms with Gasteiger partial charge in [0.25, 0.3) is 5.91 Å². The molecule has 0 atom stereocenters. The third-order valence-electron chi connectivity index (χ3n) is 4.87. The van der Waals surface area contributed by atoms with Gasteiger partial charge in [-0.3, -0.25) is 9.59 Å². The van der Waals surface area contributed by atoms with Crippen molar-refractivity contribution in [2.45, 2.75) is 40.4 Å². The Hall–Kier alpha value is -2.97. The Bertz CT molecular complexity index is 1180. The first-order valence-electron chi connectivity index (χ1n) is 9.86. The Labute approximate surface area is 191 Å². The third kappa shape index (κ3) is 5.39. The molecule has 31 heavy (non-hydrogen) atoms. The maximum absolute atomic E-state index is 12.5. The predicted octanol–water partition coefficient (Wildman–Crippen LogP) is 4.27. The fourth-order valence-electron chi connectivity index (χ4n) is 3.21. The molecule has 0 aliphatic carbocycles. The normalized spacial score (nSPS) is 10.7. The van der Waals surface area contributed by atoms with E-state index < -0.39 is 0 Å². The summed E-state index contributed by atoms with van der Waals surface area (Å²) >= 11 is 11.5. The van der Waals surface area contributed by atoms with Crippen molar-refractivity contribution in [3.05, 3.63) is 74.8 Å². The second-order valence-electron chi connectivity index (χ2n) is 7.11. The topological polar surface area (TPSA) is 81.0 Å². The number of nitrogens with zero attached hydrogens (tertiary/aromatic N) is 3. The number of carbonyl (C=O) groups is 2. The van der Waals surface area contributed by atoms with Crippen LogP contribution in [0.4, 0.5) is 5.69 Å². The largest absolute Gasteiger partial charge is 0.345 e. The average Bonchev–Trinajstić information content (AvgIpc) is 3.03. The molecule has 3 rings (SSSR count). The van der Waals surface area contributed by atoms with Gasteiger partial charge in [-0.1, -0.05) is 29.8 Å². The Morgan fingerprint density at radius 3 is 2.55 bits per heavy atom. The van der Waals surface area contributed by atoms with Gasteiger partial charge in [0, 0.05) is 22.8 Å². The van der Waals surface area contributed by atoms with E-state index in [-0.39, 0.29) is 24.9 Å². The van der Waals surface area contributed by atoms with E-state index in [4.69, 9.17) is 23.8 Å². The lowest BCUT2D eigenvalue weighted by Gasteiger charge is -2.08. The minimum Gasteiger partial charge on any atom is -0.345 e. The Morgan fingerprint density at radius 1 is 1.13 bits per heavy atom. The lowest BCUT2D eigenvalue weighted by atomic mass is 10.1. The lowest BCUT2D eigenvalue weighted by Crippen LogP contribution is -2.25. The summed E-state index contributed by atoms with van der Waals surface area (Å²) in [5.41, 5.74) is 3.05. The minimum atomic E-state index is -0.252. The molecule has 0 fully saturated rings.